The van der Waals surface area contributed by atoms with Crippen molar-refractivity contribution in [3.8, 4) is 0 Å². The molecule has 0 radical (unpaired) electrons. The van der Waals surface area contributed by atoms with Crippen molar-refractivity contribution in [1.29, 1.82) is 0 Å². The van der Waals surface area contributed by atoms with Crippen molar-refractivity contribution in [2.24, 2.45) is 18.9 Å². The van der Waals surface area contributed by atoms with Gasteiger partial charge < -0.3 is 14.2 Å². The Bertz CT molecular complexity index is 1340. The molecule has 188 valence electrons. The Labute approximate surface area is 208 Å². The number of nitrogens with one attached hydrogen (secondary N) is 2. The molecule has 3 aliphatic rings. The summed E-state index contributed by atoms with van der Waals surface area (Å²) < 4.78 is 8.46. The highest BCUT2D eigenvalue weighted by molar-refractivity contribution is 6.03. The second kappa shape index (κ2) is 8.74. The molecule has 1 aliphatic heterocycles. The molecule has 3 atom stereocenters. The molecular formula is C25H30N8O3. The van der Waals surface area contributed by atoms with Gasteiger partial charge in [-0.3, -0.25) is 14.9 Å². The molecular weight excluding hydrogens is 460 g/mol. The van der Waals surface area contributed by atoms with E-state index in [4.69, 9.17) is 9.72 Å². The maximum Gasteiger partial charge on any atom is 0.359 e. The first-order valence-corrected chi connectivity index (χ1v) is 12.3. The summed E-state index contributed by atoms with van der Waals surface area (Å²) >= 11 is 0. The molecule has 4 heterocycles. The number of aryl methyl sites for hydroxylation is 2. The average molecular weight is 491 g/mol. The number of hydrazine groups is 1. The van der Waals surface area contributed by atoms with E-state index in [1.807, 2.05) is 30.7 Å². The van der Waals surface area contributed by atoms with Gasteiger partial charge >= 0.3 is 5.97 Å². The third kappa shape index (κ3) is 4.02. The molecule has 2 N–H and O–H groups in total. The highest BCUT2D eigenvalue weighted by Crippen LogP contribution is 2.46. The van der Waals surface area contributed by atoms with Gasteiger partial charge in [-0.15, -0.1) is 0 Å². The molecule has 36 heavy (non-hydrogen) atoms. The number of esters is 1. The first-order chi connectivity index (χ1) is 17.4. The smallest absolute Gasteiger partial charge is 0.359 e. The van der Waals surface area contributed by atoms with Crippen LogP contribution in [0.4, 0.5) is 5.82 Å². The summed E-state index contributed by atoms with van der Waals surface area (Å²) in [6, 6.07) is 4.01. The van der Waals surface area contributed by atoms with Gasteiger partial charge in [0.1, 0.15) is 5.82 Å². The van der Waals surface area contributed by atoms with E-state index in [1.54, 1.807) is 17.2 Å². The zero-order valence-corrected chi connectivity index (χ0v) is 20.7. The first kappa shape index (κ1) is 22.7. The molecule has 6 rings (SSSR count). The molecule has 1 saturated carbocycles. The van der Waals surface area contributed by atoms with Crippen molar-refractivity contribution in [2.75, 3.05) is 25.1 Å². The Morgan fingerprint density at radius 2 is 2.03 bits per heavy atom. The van der Waals surface area contributed by atoms with E-state index in [0.29, 0.717) is 6.54 Å². The number of pyridine rings is 1. The van der Waals surface area contributed by atoms with E-state index in [0.717, 1.165) is 66.2 Å². The van der Waals surface area contributed by atoms with E-state index >= 15 is 0 Å². The predicted octanol–water partition coefficient (Wildman–Crippen LogP) is 1.53. The lowest BCUT2D eigenvalue weighted by atomic mass is 10.2. The monoisotopic (exact) mass is 490 g/mol. The number of piperidine rings is 1. The molecule has 1 saturated heterocycles. The van der Waals surface area contributed by atoms with Crippen LogP contribution in [0.15, 0.2) is 24.7 Å². The van der Waals surface area contributed by atoms with Crippen LogP contribution in [0.25, 0.3) is 0 Å². The Hall–Kier alpha value is -3.73. The molecule has 3 aromatic heterocycles. The van der Waals surface area contributed by atoms with Crippen LogP contribution in [-0.2, 0) is 24.8 Å². The number of fused-ring (bicyclic) bond motifs is 2. The quantitative estimate of drug-likeness (QED) is 0.378. The maximum atomic E-state index is 13.0. The molecule has 0 aromatic carbocycles. The number of ether oxygens (including phenoxy) is 1. The van der Waals surface area contributed by atoms with E-state index in [1.165, 1.54) is 13.5 Å². The topological polar surface area (TPSA) is 119 Å². The van der Waals surface area contributed by atoms with Crippen molar-refractivity contribution in [1.82, 2.24) is 35.2 Å². The third-order valence-electron chi connectivity index (χ3n) is 7.65. The Kier molecular flexibility index (Phi) is 5.51. The largest absolute Gasteiger partial charge is 0.464 e. The minimum absolute atomic E-state index is 0.0275. The summed E-state index contributed by atoms with van der Waals surface area (Å²) in [5, 5.41) is 4.37. The van der Waals surface area contributed by atoms with Crippen molar-refractivity contribution in [3.63, 3.8) is 0 Å². The third-order valence-corrected chi connectivity index (χ3v) is 7.65. The summed E-state index contributed by atoms with van der Waals surface area (Å²) in [6.45, 7) is 4.54. The van der Waals surface area contributed by atoms with Crippen LogP contribution in [0.5, 0.6) is 0 Å². The van der Waals surface area contributed by atoms with Crippen molar-refractivity contribution >= 4 is 17.7 Å². The molecule has 11 heteroatoms. The number of rotatable bonds is 7. The first-order valence-electron chi connectivity index (χ1n) is 12.3. The van der Waals surface area contributed by atoms with Crippen LogP contribution in [0.2, 0.25) is 0 Å². The molecule has 0 bridgehead atoms. The highest BCUT2D eigenvalue weighted by Gasteiger charge is 2.45. The minimum Gasteiger partial charge on any atom is -0.464 e. The van der Waals surface area contributed by atoms with Crippen molar-refractivity contribution in [2.45, 2.75) is 38.8 Å². The minimum atomic E-state index is -0.662. The van der Waals surface area contributed by atoms with Crippen LogP contribution in [-0.4, -0.2) is 56.4 Å². The van der Waals surface area contributed by atoms with E-state index in [9.17, 15) is 9.59 Å². The van der Waals surface area contributed by atoms with Crippen LogP contribution in [0, 0.1) is 18.8 Å². The number of hydrogen-bond acceptors (Lipinski definition) is 8. The number of nitrogens with zero attached hydrogens (tertiary/aromatic N) is 6. The molecule has 1 amide bonds. The Balaban J connectivity index is 1.17. The van der Waals surface area contributed by atoms with Gasteiger partial charge in [0.05, 0.1) is 37.3 Å². The second-order valence-electron chi connectivity index (χ2n) is 10.0. The predicted molar refractivity (Wildman–Crippen MR) is 130 cm³/mol. The van der Waals surface area contributed by atoms with Gasteiger partial charge in [0.2, 0.25) is 0 Å². The summed E-state index contributed by atoms with van der Waals surface area (Å²) in [5.41, 5.74) is 9.87. The molecule has 3 aromatic rings. The maximum absolute atomic E-state index is 13.0. The van der Waals surface area contributed by atoms with Gasteiger partial charge in [-0.2, -0.15) is 5.10 Å². The van der Waals surface area contributed by atoms with Gasteiger partial charge in [-0.25, -0.2) is 20.2 Å². The fourth-order valence-corrected chi connectivity index (χ4v) is 5.44. The van der Waals surface area contributed by atoms with Gasteiger partial charge in [0.15, 0.2) is 5.69 Å². The molecule has 2 fully saturated rings. The lowest BCUT2D eigenvalue weighted by molar-refractivity contribution is 0.0588. The Morgan fingerprint density at radius 1 is 1.22 bits per heavy atom. The molecule has 2 aliphatic carbocycles. The molecule has 11 nitrogen and oxygen atoms in total. The van der Waals surface area contributed by atoms with Crippen LogP contribution in [0.3, 0.4) is 0 Å². The van der Waals surface area contributed by atoms with Gasteiger partial charge in [-0.05, 0) is 49.7 Å². The Morgan fingerprint density at radius 3 is 2.78 bits per heavy atom. The summed E-state index contributed by atoms with van der Waals surface area (Å²) in [4.78, 5) is 37.0. The van der Waals surface area contributed by atoms with Crippen LogP contribution >= 0.6 is 0 Å². The number of hydrogen-bond donors (Lipinski definition) is 2. The summed E-state index contributed by atoms with van der Waals surface area (Å²) in [6.07, 6.45) is 6.42. The van der Waals surface area contributed by atoms with E-state index < -0.39 is 11.9 Å². The fraction of sp³-hybridized carbons (Fsp3) is 0.480. The number of carbonyl (C=O) groups excluding carboxylic acids is 2. The van der Waals surface area contributed by atoms with Gasteiger partial charge in [0, 0.05) is 37.7 Å². The number of methoxy groups -OCH3 is 1. The number of anilines is 1. The van der Waals surface area contributed by atoms with Crippen LogP contribution in [0.1, 0.15) is 62.4 Å². The molecule has 2 unspecified atom stereocenters. The van der Waals surface area contributed by atoms with Crippen LogP contribution < -0.4 is 15.8 Å². The zero-order chi connectivity index (χ0) is 25.0. The second-order valence-corrected chi connectivity index (χ2v) is 10.0. The van der Waals surface area contributed by atoms with Crippen molar-refractivity contribution < 1.29 is 14.3 Å². The lowest BCUT2D eigenvalue weighted by Crippen LogP contribution is -2.40. The number of amides is 1. The normalized spacial score (nSPS) is 21.9. The number of aromatic nitrogens is 5. The number of carbonyl (C=O) groups is 2. The number of imidazole rings is 1. The summed E-state index contributed by atoms with van der Waals surface area (Å²) in [7, 11) is 3.24. The zero-order valence-electron chi connectivity index (χ0n) is 20.7. The van der Waals surface area contributed by atoms with Crippen molar-refractivity contribution in [3.05, 3.63) is 58.6 Å². The lowest BCUT2D eigenvalue weighted by Gasteiger charge is -2.20. The van der Waals surface area contributed by atoms with Gasteiger partial charge in [-0.1, -0.05) is 6.07 Å². The molecule has 0 spiro atoms. The van der Waals surface area contributed by atoms with E-state index in [-0.39, 0.29) is 17.3 Å². The SMILES string of the molecule is COC(=O)c1nn(Cc2ccc(N3CC4CC4C3)nc2C)cc1C(=O)NN[C@@H]1CCc2c1ncn2C. The van der Waals surface area contributed by atoms with Gasteiger partial charge in [0.25, 0.3) is 5.91 Å². The fourth-order valence-electron chi connectivity index (χ4n) is 5.44. The van der Waals surface area contributed by atoms with E-state index in [2.05, 4.69) is 25.8 Å². The summed E-state index contributed by atoms with van der Waals surface area (Å²) in [5.74, 6) is 1.57. The highest BCUT2D eigenvalue weighted by atomic mass is 16.5. The average Bonchev–Trinajstić information content (AvgIpc) is 3.31. The standard InChI is InChI=1S/C25H30N8O3/c1-14-15(4-7-21(27-14)32-9-16-8-17(16)10-32)11-33-12-18(22(30-33)25(35)36-3)24(34)29-28-19-5-6-20-23(19)26-13-31(20)2/h4,7,12-13,16-17,19,28H,5-6,8-11H2,1-3H3,(H,29,34)/t16?,17?,19-/m1/s1.